The van der Waals surface area contributed by atoms with Gasteiger partial charge in [0.05, 0.1) is 39.3 Å². The molecule has 4 rings (SSSR count). The molecule has 4 aromatic carbocycles. The van der Waals surface area contributed by atoms with Crippen LogP contribution in [0.15, 0.2) is 121 Å². The molecule has 9 amide bonds. The lowest BCUT2D eigenvalue weighted by Gasteiger charge is -2.30. The minimum Gasteiger partial charge on any atom is -0.480 e. The zero-order chi connectivity index (χ0) is 53.5. The minimum absolute atomic E-state index is 0.0166. The van der Waals surface area contributed by atoms with Crippen molar-refractivity contribution in [2.24, 2.45) is 5.73 Å². The summed E-state index contributed by atoms with van der Waals surface area (Å²) in [5, 5.41) is 25.9. The number of nitrogens with two attached hydrogens (primary N) is 1. The lowest BCUT2D eigenvalue weighted by atomic mass is 10.1. The number of carbonyl (C=O) groups is 10. The van der Waals surface area contributed by atoms with Crippen LogP contribution in [0.2, 0.25) is 0 Å². The first kappa shape index (κ1) is 58.1. The molecule has 0 aromatic heterocycles. The van der Waals surface area contributed by atoms with Crippen LogP contribution >= 0.6 is 0 Å². The predicted octanol–water partition coefficient (Wildman–Crippen LogP) is -0.858. The van der Waals surface area contributed by atoms with E-state index in [-0.39, 0.29) is 45.1 Å². The molecule has 0 saturated heterocycles. The van der Waals surface area contributed by atoms with E-state index in [9.17, 15) is 47.9 Å². The number of amides is 9. The van der Waals surface area contributed by atoms with E-state index >= 15 is 0 Å². The molecule has 0 bridgehead atoms. The number of carbonyl (C=O) groups excluding carboxylic acids is 9. The maximum Gasteiger partial charge on any atom is 0.322 e. The van der Waals surface area contributed by atoms with E-state index in [1.165, 1.54) is 14.7 Å². The van der Waals surface area contributed by atoms with Crippen molar-refractivity contribution < 1.29 is 53.1 Å². The monoisotopic (exact) mass is 1020 g/mol. The van der Waals surface area contributed by atoms with Crippen molar-refractivity contribution in [3.63, 3.8) is 0 Å². The molecule has 0 aliphatic heterocycles. The number of carboxylic acid groups (broad SMARTS) is 1. The SMILES string of the molecule is NCCCCC(NC(=O)CNC(=O)CNC(=O)CNC(=O)CNC(=O)CN(Cc1ccccc1)C(=O)CN(Cc1ccccc1)C(=O)CN(Cc1ccccc1)C(=O)CNCc1ccccc1)C(=O)NCC(=O)O. The Morgan fingerprint density at radius 3 is 1.26 bits per heavy atom. The van der Waals surface area contributed by atoms with Gasteiger partial charge in [-0.3, -0.25) is 47.9 Å². The first-order chi connectivity index (χ1) is 35.7. The van der Waals surface area contributed by atoms with Crippen LogP contribution in [-0.4, -0.2) is 150 Å². The first-order valence-electron chi connectivity index (χ1n) is 23.9. The van der Waals surface area contributed by atoms with Crippen LogP contribution in [0.4, 0.5) is 0 Å². The third-order valence-electron chi connectivity index (χ3n) is 10.9. The summed E-state index contributed by atoms with van der Waals surface area (Å²) in [6, 6.07) is 35.6. The molecule has 0 fully saturated rings. The number of carboxylic acids is 1. The lowest BCUT2D eigenvalue weighted by Crippen LogP contribution is -2.51. The van der Waals surface area contributed by atoms with Gasteiger partial charge in [0.2, 0.25) is 53.2 Å². The average molecular weight is 1020 g/mol. The van der Waals surface area contributed by atoms with Gasteiger partial charge < -0.3 is 62.8 Å². The van der Waals surface area contributed by atoms with Gasteiger partial charge in [0, 0.05) is 26.2 Å². The number of hydrogen-bond acceptors (Lipinski definition) is 12. The van der Waals surface area contributed by atoms with Gasteiger partial charge in [0.1, 0.15) is 25.7 Å². The van der Waals surface area contributed by atoms with Crippen molar-refractivity contribution >= 4 is 59.1 Å². The normalized spacial score (nSPS) is 10.9. The molecular formula is C52H65N11O11. The Balaban J connectivity index is 1.32. The molecule has 0 spiro atoms. The number of aliphatic carboxylic acids is 1. The molecule has 0 aliphatic rings. The zero-order valence-electron chi connectivity index (χ0n) is 41.1. The van der Waals surface area contributed by atoms with E-state index < -0.39 is 105 Å². The molecule has 0 heterocycles. The van der Waals surface area contributed by atoms with Gasteiger partial charge in [-0.2, -0.15) is 0 Å². The Kier molecular flexibility index (Phi) is 25.5. The quantitative estimate of drug-likeness (QED) is 0.0270. The Morgan fingerprint density at radius 2 is 0.824 bits per heavy atom. The van der Waals surface area contributed by atoms with E-state index in [1.54, 1.807) is 54.6 Å². The Labute approximate surface area is 429 Å². The van der Waals surface area contributed by atoms with Crippen molar-refractivity contribution in [3.8, 4) is 0 Å². The molecule has 22 nitrogen and oxygen atoms in total. The van der Waals surface area contributed by atoms with E-state index in [2.05, 4.69) is 37.2 Å². The second-order valence-electron chi connectivity index (χ2n) is 16.9. The third-order valence-corrected chi connectivity index (χ3v) is 10.9. The Morgan fingerprint density at radius 1 is 0.432 bits per heavy atom. The third kappa shape index (κ3) is 23.2. The number of nitrogens with one attached hydrogen (secondary N) is 7. The maximum absolute atomic E-state index is 14.3. The van der Waals surface area contributed by atoms with Crippen LogP contribution in [0.1, 0.15) is 41.5 Å². The van der Waals surface area contributed by atoms with E-state index in [1.807, 2.05) is 66.7 Å². The fourth-order valence-electron chi connectivity index (χ4n) is 7.08. The van der Waals surface area contributed by atoms with Gasteiger partial charge in [-0.05, 0) is 48.1 Å². The van der Waals surface area contributed by atoms with Crippen molar-refractivity contribution in [2.75, 3.05) is 65.4 Å². The number of unbranched alkanes of at least 4 members (excludes halogenated alkanes) is 1. The van der Waals surface area contributed by atoms with Crippen LogP contribution in [0.5, 0.6) is 0 Å². The number of nitrogens with zero attached hydrogens (tertiary/aromatic N) is 3. The summed E-state index contributed by atoms with van der Waals surface area (Å²) < 4.78 is 0. The number of hydrogen-bond donors (Lipinski definition) is 9. The summed E-state index contributed by atoms with van der Waals surface area (Å²) in [5.41, 5.74) is 8.67. The van der Waals surface area contributed by atoms with Gasteiger partial charge in [-0.1, -0.05) is 121 Å². The lowest BCUT2D eigenvalue weighted by molar-refractivity contribution is -0.145. The molecule has 1 atom stereocenters. The minimum atomic E-state index is -1.27. The molecule has 394 valence electrons. The zero-order valence-corrected chi connectivity index (χ0v) is 41.1. The molecule has 10 N–H and O–H groups in total. The number of rotatable bonds is 32. The Hall–Kier alpha value is -8.50. The number of benzene rings is 4. The highest BCUT2D eigenvalue weighted by atomic mass is 16.4. The van der Waals surface area contributed by atoms with Gasteiger partial charge in [-0.15, -0.1) is 0 Å². The van der Waals surface area contributed by atoms with Crippen LogP contribution in [0.3, 0.4) is 0 Å². The van der Waals surface area contributed by atoms with E-state index in [0.717, 1.165) is 16.7 Å². The summed E-state index contributed by atoms with van der Waals surface area (Å²) in [6.45, 7) is -3.43. The molecule has 1 unspecified atom stereocenters. The fraction of sp³-hybridized carbons (Fsp3) is 0.346. The maximum atomic E-state index is 14.3. The first-order valence-corrected chi connectivity index (χ1v) is 23.9. The highest BCUT2D eigenvalue weighted by Gasteiger charge is 2.27. The molecule has 22 heteroatoms. The van der Waals surface area contributed by atoms with Crippen LogP contribution in [0.25, 0.3) is 0 Å². The average Bonchev–Trinajstić information content (AvgIpc) is 3.40. The highest BCUT2D eigenvalue weighted by molar-refractivity contribution is 5.94. The molecular weight excluding hydrogens is 955 g/mol. The summed E-state index contributed by atoms with van der Waals surface area (Å²) in [4.78, 5) is 133. The summed E-state index contributed by atoms with van der Waals surface area (Å²) in [7, 11) is 0. The summed E-state index contributed by atoms with van der Waals surface area (Å²) in [6.07, 6.45) is 1.20. The van der Waals surface area contributed by atoms with Crippen LogP contribution < -0.4 is 43.0 Å². The topological polar surface area (TPSA) is 311 Å². The van der Waals surface area contributed by atoms with Crippen molar-refractivity contribution in [3.05, 3.63) is 144 Å². The van der Waals surface area contributed by atoms with Crippen molar-refractivity contribution in [2.45, 2.75) is 51.5 Å². The van der Waals surface area contributed by atoms with Gasteiger partial charge in [0.25, 0.3) is 0 Å². The molecule has 0 radical (unpaired) electrons. The molecule has 4 aromatic rings. The highest BCUT2D eigenvalue weighted by Crippen LogP contribution is 2.12. The summed E-state index contributed by atoms with van der Waals surface area (Å²) in [5.74, 6) is -7.20. The second-order valence-corrected chi connectivity index (χ2v) is 16.9. The smallest absolute Gasteiger partial charge is 0.322 e. The molecule has 74 heavy (non-hydrogen) atoms. The fourth-order valence-corrected chi connectivity index (χ4v) is 7.08. The predicted molar refractivity (Wildman–Crippen MR) is 271 cm³/mol. The molecule has 0 saturated carbocycles. The van der Waals surface area contributed by atoms with Gasteiger partial charge in [-0.25, -0.2) is 0 Å². The van der Waals surface area contributed by atoms with Crippen LogP contribution in [-0.2, 0) is 74.1 Å². The van der Waals surface area contributed by atoms with Gasteiger partial charge in [0.15, 0.2) is 0 Å². The van der Waals surface area contributed by atoms with E-state index in [0.29, 0.717) is 31.5 Å². The van der Waals surface area contributed by atoms with Gasteiger partial charge >= 0.3 is 5.97 Å². The Bertz CT molecular complexity index is 2470. The second kappa shape index (κ2) is 32.5. The largest absolute Gasteiger partial charge is 0.480 e. The standard InChI is InChI=1S/C52H65N11O11/c53-24-14-13-23-42(52(74)59-31-51(72)73)60-46(67)29-57-44(65)27-55-43(64)26-56-45(66)28-58-47(68)35-61(32-39-17-7-2-8-18-39)49(70)37-63(34-41-21-11-4-12-22-41)50(71)36-62(33-40-19-9-3-10-20-40)48(69)30-54-25-38-15-5-1-6-16-38/h1-12,15-22,42,54H,13-14,23-37,53H2,(H,55,64)(H,56,66)(H,57,65)(H,58,68)(H,59,74)(H,60,67)(H,72,73). The van der Waals surface area contributed by atoms with E-state index in [4.69, 9.17) is 10.8 Å². The van der Waals surface area contributed by atoms with Crippen molar-refractivity contribution in [1.29, 1.82) is 0 Å². The van der Waals surface area contributed by atoms with Crippen LogP contribution in [0, 0.1) is 0 Å². The summed E-state index contributed by atoms with van der Waals surface area (Å²) >= 11 is 0. The van der Waals surface area contributed by atoms with Crippen molar-refractivity contribution in [1.82, 2.24) is 51.9 Å². The molecule has 0 aliphatic carbocycles.